The summed E-state index contributed by atoms with van der Waals surface area (Å²) in [5.74, 6) is 0. The highest BCUT2D eigenvalue weighted by Crippen LogP contribution is 2.18. The number of hydrogen-bond acceptors (Lipinski definition) is 1. The average molecular weight is 127 g/mol. The Labute approximate surface area is 54.0 Å². The molecule has 1 aliphatic rings. The largest absolute Gasteiger partial charge is 0.416 e. The van der Waals surface area contributed by atoms with Crippen LogP contribution in [0.3, 0.4) is 0 Å². The van der Waals surface area contributed by atoms with Crippen LogP contribution in [0.1, 0.15) is 32.1 Å². The van der Waals surface area contributed by atoms with Gasteiger partial charge in [0, 0.05) is 6.10 Å². The monoisotopic (exact) mass is 127 g/mol. The minimum Gasteiger partial charge on any atom is -0.416 e. The molecule has 8 heavy (non-hydrogen) atoms. The fourth-order valence-electron chi connectivity index (χ4n) is 1.18. The molecular formula is C6H11OSi. The predicted octanol–water partition coefficient (Wildman–Crippen LogP) is 1.42. The first kappa shape index (κ1) is 6.30. The molecule has 1 nitrogen and oxygen atoms in total. The van der Waals surface area contributed by atoms with E-state index in [-0.39, 0.29) is 0 Å². The molecular weight excluding hydrogens is 116 g/mol. The maximum Gasteiger partial charge on any atom is 0.246 e. The van der Waals surface area contributed by atoms with E-state index in [9.17, 15) is 0 Å². The Kier molecular flexibility index (Phi) is 2.56. The molecule has 0 aromatic rings. The molecule has 1 saturated carbocycles. The van der Waals surface area contributed by atoms with Crippen molar-refractivity contribution < 1.29 is 4.43 Å². The van der Waals surface area contributed by atoms with Gasteiger partial charge in [-0.25, -0.2) is 0 Å². The lowest BCUT2D eigenvalue weighted by atomic mass is 9.98. The summed E-state index contributed by atoms with van der Waals surface area (Å²) in [6.07, 6.45) is 7.06. The van der Waals surface area contributed by atoms with E-state index >= 15 is 0 Å². The number of hydrogen-bond donors (Lipinski definition) is 0. The molecule has 45 valence electrons. The van der Waals surface area contributed by atoms with E-state index in [2.05, 4.69) is 10.5 Å². The van der Waals surface area contributed by atoms with E-state index in [1.807, 2.05) is 0 Å². The molecule has 2 heteroatoms. The van der Waals surface area contributed by atoms with Gasteiger partial charge in [0.2, 0.25) is 10.5 Å². The van der Waals surface area contributed by atoms with Crippen molar-refractivity contribution in [2.75, 3.05) is 0 Å². The third-order valence-corrected chi connectivity index (χ3v) is 2.05. The van der Waals surface area contributed by atoms with Crippen molar-refractivity contribution in [1.82, 2.24) is 0 Å². The van der Waals surface area contributed by atoms with Crippen molar-refractivity contribution in [3.8, 4) is 0 Å². The van der Waals surface area contributed by atoms with E-state index in [4.69, 9.17) is 4.43 Å². The Morgan fingerprint density at radius 3 is 2.12 bits per heavy atom. The summed E-state index contributed by atoms with van der Waals surface area (Å²) in [7, 11) is 3.06. The topological polar surface area (TPSA) is 9.23 Å². The first-order valence-electron chi connectivity index (χ1n) is 3.26. The summed E-state index contributed by atoms with van der Waals surface area (Å²) in [5.41, 5.74) is 0. The zero-order valence-electron chi connectivity index (χ0n) is 5.02. The van der Waals surface area contributed by atoms with Crippen LogP contribution in [0.15, 0.2) is 0 Å². The molecule has 3 radical (unpaired) electrons. The van der Waals surface area contributed by atoms with Gasteiger partial charge in [0.15, 0.2) is 0 Å². The van der Waals surface area contributed by atoms with Crippen molar-refractivity contribution in [2.24, 2.45) is 0 Å². The van der Waals surface area contributed by atoms with Crippen molar-refractivity contribution in [3.63, 3.8) is 0 Å². The van der Waals surface area contributed by atoms with E-state index in [0.29, 0.717) is 6.10 Å². The Balaban J connectivity index is 2.13. The SMILES string of the molecule is [Si]OC1CCCCC1. The highest BCUT2D eigenvalue weighted by molar-refractivity contribution is 5.98. The first-order valence-corrected chi connectivity index (χ1v) is 3.66. The normalized spacial score (nSPS) is 23.6. The zero-order chi connectivity index (χ0) is 5.82. The van der Waals surface area contributed by atoms with Gasteiger partial charge in [-0.05, 0) is 12.8 Å². The van der Waals surface area contributed by atoms with Crippen molar-refractivity contribution in [3.05, 3.63) is 0 Å². The second-order valence-corrected chi connectivity index (χ2v) is 2.61. The third kappa shape index (κ3) is 1.60. The molecule has 0 bridgehead atoms. The standard InChI is InChI=1S/C6H11OSi/c8-7-6-4-2-1-3-5-6/h6H,1-5H2. The lowest BCUT2D eigenvalue weighted by molar-refractivity contribution is 0.169. The van der Waals surface area contributed by atoms with Gasteiger partial charge >= 0.3 is 0 Å². The molecule has 0 atom stereocenters. The van der Waals surface area contributed by atoms with E-state index in [1.54, 1.807) is 0 Å². The summed E-state index contributed by atoms with van der Waals surface area (Å²) in [6, 6.07) is 0. The van der Waals surface area contributed by atoms with Crippen LogP contribution in [0.5, 0.6) is 0 Å². The van der Waals surface area contributed by atoms with Gasteiger partial charge in [0.1, 0.15) is 0 Å². The van der Waals surface area contributed by atoms with Gasteiger partial charge in [-0.2, -0.15) is 0 Å². The average Bonchev–Trinajstić information content (AvgIpc) is 1.90. The molecule has 0 spiro atoms. The quantitative estimate of drug-likeness (QED) is 0.484. The van der Waals surface area contributed by atoms with Crippen LogP contribution in [0.2, 0.25) is 0 Å². The lowest BCUT2D eigenvalue weighted by Crippen LogP contribution is -2.14. The molecule has 0 unspecified atom stereocenters. The second-order valence-electron chi connectivity index (χ2n) is 2.38. The van der Waals surface area contributed by atoms with Crippen LogP contribution in [-0.4, -0.2) is 16.6 Å². The lowest BCUT2D eigenvalue weighted by Gasteiger charge is -2.19. The van der Waals surface area contributed by atoms with Crippen molar-refractivity contribution in [2.45, 2.75) is 38.2 Å². The molecule has 1 fully saturated rings. The molecule has 1 aliphatic carbocycles. The zero-order valence-corrected chi connectivity index (χ0v) is 6.02. The Bertz CT molecular complexity index is 59.5. The summed E-state index contributed by atoms with van der Waals surface area (Å²) in [6.45, 7) is 0. The maximum atomic E-state index is 5.00. The molecule has 0 aliphatic heterocycles. The van der Waals surface area contributed by atoms with E-state index < -0.39 is 0 Å². The minimum atomic E-state index is 0.500. The minimum absolute atomic E-state index is 0.500. The fraction of sp³-hybridized carbons (Fsp3) is 1.00. The van der Waals surface area contributed by atoms with Crippen molar-refractivity contribution in [1.29, 1.82) is 0 Å². The number of rotatable bonds is 1. The Morgan fingerprint density at radius 1 is 1.12 bits per heavy atom. The van der Waals surface area contributed by atoms with Crippen molar-refractivity contribution >= 4 is 10.5 Å². The van der Waals surface area contributed by atoms with Crippen LogP contribution in [0.25, 0.3) is 0 Å². The molecule has 1 rings (SSSR count). The van der Waals surface area contributed by atoms with Crippen LogP contribution in [0.4, 0.5) is 0 Å². The molecule has 0 aromatic carbocycles. The van der Waals surface area contributed by atoms with Gasteiger partial charge < -0.3 is 4.43 Å². The summed E-state index contributed by atoms with van der Waals surface area (Å²) >= 11 is 0. The van der Waals surface area contributed by atoms with Crippen LogP contribution in [-0.2, 0) is 4.43 Å². The maximum absolute atomic E-state index is 5.00. The summed E-state index contributed by atoms with van der Waals surface area (Å²) in [5, 5.41) is 0. The van der Waals surface area contributed by atoms with E-state index in [1.165, 1.54) is 32.1 Å². The highest BCUT2D eigenvalue weighted by Gasteiger charge is 2.10. The van der Waals surface area contributed by atoms with Gasteiger partial charge in [-0.15, -0.1) is 0 Å². The van der Waals surface area contributed by atoms with Crippen LogP contribution in [0, 0.1) is 0 Å². The van der Waals surface area contributed by atoms with Crippen LogP contribution >= 0.6 is 0 Å². The smallest absolute Gasteiger partial charge is 0.246 e. The second kappa shape index (κ2) is 3.25. The highest BCUT2D eigenvalue weighted by atomic mass is 28.2. The summed E-state index contributed by atoms with van der Waals surface area (Å²) < 4.78 is 5.00. The van der Waals surface area contributed by atoms with Crippen LogP contribution < -0.4 is 0 Å². The molecule has 0 aromatic heterocycles. The fourth-order valence-corrected chi connectivity index (χ4v) is 1.42. The molecule has 0 amide bonds. The molecule has 0 N–H and O–H groups in total. The molecule has 0 heterocycles. The van der Waals surface area contributed by atoms with Gasteiger partial charge in [0.05, 0.1) is 0 Å². The molecule has 0 saturated heterocycles. The van der Waals surface area contributed by atoms with Gasteiger partial charge in [0.25, 0.3) is 0 Å². The first-order chi connectivity index (χ1) is 3.93. The van der Waals surface area contributed by atoms with Gasteiger partial charge in [-0.1, -0.05) is 19.3 Å². The van der Waals surface area contributed by atoms with E-state index in [0.717, 1.165) is 0 Å². The Morgan fingerprint density at radius 2 is 1.75 bits per heavy atom. The summed E-state index contributed by atoms with van der Waals surface area (Å²) in [4.78, 5) is 0. The Hall–Kier alpha value is 0.177. The predicted molar refractivity (Wildman–Crippen MR) is 33.7 cm³/mol. The third-order valence-electron chi connectivity index (χ3n) is 1.72. The van der Waals surface area contributed by atoms with Gasteiger partial charge in [-0.3, -0.25) is 0 Å².